The molecule has 4 aliphatic rings. The molecule has 3 unspecified atom stereocenters. The maximum Gasteiger partial charge on any atom is 0.183 e. The van der Waals surface area contributed by atoms with E-state index >= 15 is 0 Å². The highest BCUT2D eigenvalue weighted by Crippen LogP contribution is 2.72. The molecule has 4 rings (SSSR count). The molecule has 2 bridgehead atoms. The van der Waals surface area contributed by atoms with Gasteiger partial charge in [-0.05, 0) is 105 Å². The average Bonchev–Trinajstić information content (AvgIpc) is 2.74. The lowest BCUT2D eigenvalue weighted by molar-refractivity contribution is -0.157. The van der Waals surface area contributed by atoms with Crippen molar-refractivity contribution in [3.8, 4) is 0 Å². The summed E-state index contributed by atoms with van der Waals surface area (Å²) in [7, 11) is -1.44. The van der Waals surface area contributed by atoms with Crippen LogP contribution in [0.3, 0.4) is 0 Å². The number of hydrogen-bond acceptors (Lipinski definition) is 1. The third-order valence-corrected chi connectivity index (χ3v) is 10.0. The Morgan fingerprint density at radius 1 is 1.04 bits per heavy atom. The first-order valence-electron chi connectivity index (χ1n) is 10.9. The maximum absolute atomic E-state index is 6.50. The Morgan fingerprint density at radius 3 is 2.52 bits per heavy atom. The van der Waals surface area contributed by atoms with Crippen molar-refractivity contribution in [1.29, 1.82) is 0 Å². The lowest BCUT2D eigenvalue weighted by atomic mass is 9.41. The summed E-state index contributed by atoms with van der Waals surface area (Å²) < 4.78 is 6.50. The van der Waals surface area contributed by atoms with Crippen LogP contribution in [0.4, 0.5) is 0 Å². The van der Waals surface area contributed by atoms with E-state index < -0.39 is 8.32 Å². The van der Waals surface area contributed by atoms with E-state index in [0.29, 0.717) is 16.2 Å². The minimum absolute atomic E-state index is 0.404. The minimum Gasteiger partial charge on any atom is -0.417 e. The van der Waals surface area contributed by atoms with Crippen LogP contribution in [-0.2, 0) is 4.43 Å². The molecule has 6 atom stereocenters. The molecule has 0 amide bonds. The molecule has 0 saturated heterocycles. The van der Waals surface area contributed by atoms with Gasteiger partial charge in [0.05, 0.1) is 0 Å². The van der Waals surface area contributed by atoms with Gasteiger partial charge in [0.15, 0.2) is 8.32 Å². The van der Waals surface area contributed by atoms with Crippen molar-refractivity contribution in [3.63, 3.8) is 0 Å². The monoisotopic (exact) mass is 360 g/mol. The Bertz CT molecular complexity index is 563. The van der Waals surface area contributed by atoms with Crippen molar-refractivity contribution >= 4 is 8.32 Å². The van der Waals surface area contributed by atoms with E-state index in [1.165, 1.54) is 57.8 Å². The fourth-order valence-corrected chi connectivity index (χ4v) is 8.80. The van der Waals surface area contributed by atoms with Crippen LogP contribution >= 0.6 is 0 Å². The van der Waals surface area contributed by atoms with Gasteiger partial charge in [-0.25, -0.2) is 0 Å². The summed E-state index contributed by atoms with van der Waals surface area (Å²) in [5, 5.41) is 0. The topological polar surface area (TPSA) is 9.23 Å². The van der Waals surface area contributed by atoms with Gasteiger partial charge in [-0.2, -0.15) is 0 Å². The normalized spacial score (nSPS) is 49.6. The van der Waals surface area contributed by atoms with Crippen LogP contribution in [0.2, 0.25) is 19.6 Å². The zero-order valence-electron chi connectivity index (χ0n) is 17.4. The fraction of sp³-hybridized carbons (Fsp3) is 0.913. The van der Waals surface area contributed by atoms with Crippen LogP contribution < -0.4 is 0 Å². The second-order valence-corrected chi connectivity index (χ2v) is 16.2. The lowest BCUT2D eigenvalue weighted by Crippen LogP contribution is -2.57. The number of fused-ring (bicyclic) bond motifs is 3. The molecule has 0 heterocycles. The van der Waals surface area contributed by atoms with Crippen molar-refractivity contribution in [2.24, 2.45) is 34.0 Å². The Balaban J connectivity index is 1.62. The quantitative estimate of drug-likeness (QED) is 0.397. The highest BCUT2D eigenvalue weighted by Gasteiger charge is 2.63. The van der Waals surface area contributed by atoms with Gasteiger partial charge < -0.3 is 4.43 Å². The molecule has 4 fully saturated rings. The molecule has 2 heteroatoms. The summed E-state index contributed by atoms with van der Waals surface area (Å²) >= 11 is 0. The standard InChI is InChI=1S/C23H40OSi/c1-17-14-23-13-10-19-21(2,16-24-25(4,5)6)11-7-12-22(19,3)20(23)9-8-18(17)15-23/h18-20H,1,7-16H2,2-6H3/t18?,19?,20?,21-,22+,23+/m0/s1. The molecule has 0 aliphatic heterocycles. The van der Waals surface area contributed by atoms with Crippen LogP contribution in [0, 0.1) is 34.0 Å². The number of allylic oxidation sites excluding steroid dienone is 1. The molecular formula is C23H40OSi. The molecular weight excluding hydrogens is 320 g/mol. The predicted octanol–water partition coefficient (Wildman–Crippen LogP) is 6.81. The van der Waals surface area contributed by atoms with E-state index in [-0.39, 0.29) is 0 Å². The summed E-state index contributed by atoms with van der Waals surface area (Å²) in [6.07, 6.45) is 12.9. The van der Waals surface area contributed by atoms with E-state index in [4.69, 9.17) is 4.43 Å². The Labute approximate surface area is 157 Å². The largest absolute Gasteiger partial charge is 0.417 e. The molecule has 0 N–H and O–H groups in total. The smallest absolute Gasteiger partial charge is 0.183 e. The van der Waals surface area contributed by atoms with Gasteiger partial charge in [0.2, 0.25) is 0 Å². The average molecular weight is 361 g/mol. The molecule has 4 saturated carbocycles. The first kappa shape index (κ1) is 18.3. The van der Waals surface area contributed by atoms with Gasteiger partial charge >= 0.3 is 0 Å². The number of hydrogen-bond donors (Lipinski definition) is 0. The zero-order chi connectivity index (χ0) is 18.1. The van der Waals surface area contributed by atoms with Gasteiger partial charge in [0.25, 0.3) is 0 Å². The first-order chi connectivity index (χ1) is 11.6. The molecule has 0 aromatic carbocycles. The van der Waals surface area contributed by atoms with Crippen LogP contribution in [-0.4, -0.2) is 14.9 Å². The minimum atomic E-state index is -1.44. The van der Waals surface area contributed by atoms with Crippen molar-refractivity contribution < 1.29 is 4.43 Å². The Kier molecular flexibility index (Phi) is 4.17. The highest BCUT2D eigenvalue weighted by molar-refractivity contribution is 6.69. The highest BCUT2D eigenvalue weighted by atomic mass is 28.4. The van der Waals surface area contributed by atoms with Crippen molar-refractivity contribution in [3.05, 3.63) is 12.2 Å². The second-order valence-electron chi connectivity index (χ2n) is 11.7. The molecule has 25 heavy (non-hydrogen) atoms. The van der Waals surface area contributed by atoms with Crippen molar-refractivity contribution in [2.75, 3.05) is 6.61 Å². The molecule has 0 aromatic heterocycles. The SMILES string of the molecule is C=C1C[C@@]23CCC4[C@](C)(CO[Si](C)(C)C)CCC[C@@]4(C)C2CCC1C3. The molecule has 1 spiro atoms. The fourth-order valence-electron chi connectivity index (χ4n) is 8.04. The summed E-state index contributed by atoms with van der Waals surface area (Å²) in [6.45, 7) is 17.8. The van der Waals surface area contributed by atoms with E-state index in [2.05, 4.69) is 40.1 Å². The van der Waals surface area contributed by atoms with E-state index in [1.54, 1.807) is 5.57 Å². The second kappa shape index (κ2) is 5.71. The summed E-state index contributed by atoms with van der Waals surface area (Å²) in [5.74, 6) is 2.67. The van der Waals surface area contributed by atoms with Crippen molar-refractivity contribution in [1.82, 2.24) is 0 Å². The molecule has 4 aliphatic carbocycles. The van der Waals surface area contributed by atoms with Crippen LogP contribution in [0.5, 0.6) is 0 Å². The van der Waals surface area contributed by atoms with E-state index in [0.717, 1.165) is 24.4 Å². The zero-order valence-corrected chi connectivity index (χ0v) is 18.4. The molecule has 142 valence electrons. The third kappa shape index (κ3) is 2.81. The predicted molar refractivity (Wildman–Crippen MR) is 109 cm³/mol. The van der Waals surface area contributed by atoms with Crippen LogP contribution in [0.25, 0.3) is 0 Å². The van der Waals surface area contributed by atoms with E-state index in [1.807, 2.05) is 0 Å². The van der Waals surface area contributed by atoms with Crippen molar-refractivity contribution in [2.45, 2.75) is 91.3 Å². The maximum atomic E-state index is 6.50. The van der Waals surface area contributed by atoms with Crippen LogP contribution in [0.15, 0.2) is 12.2 Å². The summed E-state index contributed by atoms with van der Waals surface area (Å²) in [6, 6.07) is 0. The summed E-state index contributed by atoms with van der Waals surface area (Å²) in [5.41, 5.74) is 3.18. The van der Waals surface area contributed by atoms with Gasteiger partial charge in [-0.15, -0.1) is 0 Å². The first-order valence-corrected chi connectivity index (χ1v) is 14.3. The van der Waals surface area contributed by atoms with Gasteiger partial charge in [-0.1, -0.05) is 32.4 Å². The number of rotatable bonds is 3. The van der Waals surface area contributed by atoms with Crippen LogP contribution in [0.1, 0.15) is 71.6 Å². The Hall–Kier alpha value is -0.0831. The van der Waals surface area contributed by atoms with Gasteiger partial charge in [0, 0.05) is 6.61 Å². The lowest BCUT2D eigenvalue weighted by Gasteiger charge is -2.64. The molecule has 0 aromatic rings. The molecule has 0 radical (unpaired) electrons. The molecule has 1 nitrogen and oxygen atoms in total. The third-order valence-electron chi connectivity index (χ3n) is 9.01. The van der Waals surface area contributed by atoms with E-state index in [9.17, 15) is 0 Å². The van der Waals surface area contributed by atoms with Gasteiger partial charge in [-0.3, -0.25) is 0 Å². The summed E-state index contributed by atoms with van der Waals surface area (Å²) in [4.78, 5) is 0. The Morgan fingerprint density at radius 2 is 1.80 bits per heavy atom. The van der Waals surface area contributed by atoms with Gasteiger partial charge in [0.1, 0.15) is 0 Å².